The molecule has 2 rings (SSSR count). The Hall–Kier alpha value is -0.230. The number of hydrogen-bond acceptors (Lipinski definition) is 4. The minimum absolute atomic E-state index is 0.0662. The summed E-state index contributed by atoms with van der Waals surface area (Å²) in [7, 11) is 1.96. The van der Waals surface area contributed by atoms with Gasteiger partial charge < -0.3 is 5.32 Å². The first-order chi connectivity index (χ1) is 7.53. The molecule has 0 fully saturated rings. The lowest BCUT2D eigenvalue weighted by Crippen LogP contribution is -2.33. The van der Waals surface area contributed by atoms with Crippen molar-refractivity contribution in [3.8, 4) is 9.88 Å². The Morgan fingerprint density at radius 1 is 1.38 bits per heavy atom. The summed E-state index contributed by atoms with van der Waals surface area (Å²) >= 11 is 6.89. The molecule has 5 heteroatoms. The van der Waals surface area contributed by atoms with E-state index in [1.165, 1.54) is 4.88 Å². The third-order valence-electron chi connectivity index (χ3n) is 2.55. The fraction of sp³-hybridized carbons (Fsp3) is 0.364. The number of halogens is 1. The zero-order valence-electron chi connectivity index (χ0n) is 9.37. The van der Waals surface area contributed by atoms with Crippen LogP contribution in [0.15, 0.2) is 21.3 Å². The van der Waals surface area contributed by atoms with Crippen LogP contribution in [0.25, 0.3) is 9.88 Å². The van der Waals surface area contributed by atoms with Gasteiger partial charge in [-0.15, -0.1) is 22.7 Å². The van der Waals surface area contributed by atoms with Crippen LogP contribution in [0.4, 0.5) is 0 Å². The van der Waals surface area contributed by atoms with Gasteiger partial charge in [0.25, 0.3) is 0 Å². The minimum atomic E-state index is -0.0662. The molecule has 2 aromatic rings. The maximum atomic E-state index is 4.68. The van der Waals surface area contributed by atoms with Crippen LogP contribution in [0, 0.1) is 0 Å². The summed E-state index contributed by atoms with van der Waals surface area (Å²) in [5.41, 5.74) is 1.03. The molecule has 1 N–H and O–H groups in total. The van der Waals surface area contributed by atoms with Crippen LogP contribution in [0.1, 0.15) is 19.5 Å². The van der Waals surface area contributed by atoms with E-state index in [1.54, 1.807) is 22.7 Å². The highest BCUT2D eigenvalue weighted by atomic mass is 79.9. The molecule has 2 heterocycles. The third kappa shape index (κ3) is 2.37. The van der Waals surface area contributed by atoms with Crippen LogP contribution in [-0.2, 0) is 5.54 Å². The van der Waals surface area contributed by atoms with Crippen molar-refractivity contribution in [1.29, 1.82) is 0 Å². The second kappa shape index (κ2) is 4.56. The van der Waals surface area contributed by atoms with Gasteiger partial charge in [-0.25, -0.2) is 4.98 Å². The number of nitrogens with zero attached hydrogens (tertiary/aromatic N) is 1. The molecule has 0 saturated carbocycles. The van der Waals surface area contributed by atoms with E-state index in [2.05, 4.69) is 57.6 Å². The van der Waals surface area contributed by atoms with Crippen LogP contribution in [0.3, 0.4) is 0 Å². The fourth-order valence-corrected chi connectivity index (χ4v) is 3.68. The first-order valence-electron chi connectivity index (χ1n) is 4.93. The topological polar surface area (TPSA) is 24.9 Å². The van der Waals surface area contributed by atoms with Gasteiger partial charge in [-0.05, 0) is 49.0 Å². The summed E-state index contributed by atoms with van der Waals surface area (Å²) in [6, 6.07) is 4.16. The van der Waals surface area contributed by atoms with Crippen molar-refractivity contribution in [3.05, 3.63) is 27.0 Å². The summed E-state index contributed by atoms with van der Waals surface area (Å²) in [4.78, 5) is 5.90. The second-order valence-electron chi connectivity index (χ2n) is 4.02. The molecule has 86 valence electrons. The SMILES string of the molecule is CNC(C)(C)c1csc(-c2ccc(Br)s2)n1. The van der Waals surface area contributed by atoms with Crippen molar-refractivity contribution in [2.75, 3.05) is 7.05 Å². The smallest absolute Gasteiger partial charge is 0.133 e. The molecule has 0 aliphatic rings. The van der Waals surface area contributed by atoms with Crippen molar-refractivity contribution >= 4 is 38.6 Å². The Morgan fingerprint density at radius 3 is 2.69 bits per heavy atom. The number of rotatable bonds is 3. The third-order valence-corrected chi connectivity index (χ3v) is 5.19. The second-order valence-corrected chi connectivity index (χ2v) is 7.34. The van der Waals surface area contributed by atoms with Gasteiger partial charge in [-0.1, -0.05) is 0 Å². The van der Waals surface area contributed by atoms with Gasteiger partial charge in [-0.2, -0.15) is 0 Å². The van der Waals surface area contributed by atoms with E-state index < -0.39 is 0 Å². The number of aromatic nitrogens is 1. The molecule has 0 aliphatic carbocycles. The Morgan fingerprint density at radius 2 is 2.12 bits per heavy atom. The van der Waals surface area contributed by atoms with Gasteiger partial charge in [0.1, 0.15) is 5.01 Å². The van der Waals surface area contributed by atoms with Crippen LogP contribution < -0.4 is 5.32 Å². The first-order valence-corrected chi connectivity index (χ1v) is 7.42. The summed E-state index contributed by atoms with van der Waals surface area (Å²) < 4.78 is 1.15. The quantitative estimate of drug-likeness (QED) is 0.922. The Labute approximate surface area is 112 Å². The Balaban J connectivity index is 2.33. The van der Waals surface area contributed by atoms with Crippen molar-refractivity contribution in [2.24, 2.45) is 0 Å². The first kappa shape index (κ1) is 12.2. The van der Waals surface area contributed by atoms with Gasteiger partial charge in [0.05, 0.1) is 19.9 Å². The largest absolute Gasteiger partial charge is 0.310 e. The summed E-state index contributed by atoms with van der Waals surface area (Å²) in [5, 5.41) is 6.48. The van der Waals surface area contributed by atoms with Gasteiger partial charge in [-0.3, -0.25) is 0 Å². The van der Waals surface area contributed by atoms with Gasteiger partial charge >= 0.3 is 0 Å². The lowest BCUT2D eigenvalue weighted by atomic mass is 10.0. The molecule has 0 atom stereocenters. The molecule has 0 unspecified atom stereocenters. The normalized spacial score (nSPS) is 12.0. The highest BCUT2D eigenvalue weighted by Gasteiger charge is 2.21. The van der Waals surface area contributed by atoms with Crippen molar-refractivity contribution in [3.63, 3.8) is 0 Å². The number of thiophene rings is 1. The molecule has 0 aromatic carbocycles. The van der Waals surface area contributed by atoms with Crippen LogP contribution in [-0.4, -0.2) is 12.0 Å². The van der Waals surface area contributed by atoms with E-state index in [0.29, 0.717) is 0 Å². The van der Waals surface area contributed by atoms with E-state index >= 15 is 0 Å². The number of hydrogen-bond donors (Lipinski definition) is 1. The molecular weight excluding hydrogens is 304 g/mol. The van der Waals surface area contributed by atoms with Gasteiger partial charge in [0.2, 0.25) is 0 Å². The van der Waals surface area contributed by atoms with E-state index in [4.69, 9.17) is 0 Å². The molecule has 0 aliphatic heterocycles. The summed E-state index contributed by atoms with van der Waals surface area (Å²) in [5.74, 6) is 0. The Kier molecular flexibility index (Phi) is 3.49. The molecular formula is C11H13BrN2S2. The van der Waals surface area contributed by atoms with E-state index in [9.17, 15) is 0 Å². The minimum Gasteiger partial charge on any atom is -0.310 e. The van der Waals surface area contributed by atoms with E-state index in [0.717, 1.165) is 14.5 Å². The van der Waals surface area contributed by atoms with E-state index in [1.807, 2.05) is 7.05 Å². The summed E-state index contributed by atoms with van der Waals surface area (Å²) in [6.45, 7) is 4.27. The van der Waals surface area contributed by atoms with Gasteiger partial charge in [0, 0.05) is 5.38 Å². The average molecular weight is 317 g/mol. The number of nitrogens with one attached hydrogen (secondary N) is 1. The zero-order chi connectivity index (χ0) is 11.8. The van der Waals surface area contributed by atoms with Crippen LogP contribution in [0.5, 0.6) is 0 Å². The maximum absolute atomic E-state index is 4.68. The highest BCUT2D eigenvalue weighted by Crippen LogP contribution is 2.34. The highest BCUT2D eigenvalue weighted by molar-refractivity contribution is 9.11. The number of thiazole rings is 1. The molecule has 16 heavy (non-hydrogen) atoms. The molecule has 2 aromatic heterocycles. The van der Waals surface area contributed by atoms with Crippen LogP contribution >= 0.6 is 38.6 Å². The van der Waals surface area contributed by atoms with Crippen molar-refractivity contribution < 1.29 is 0 Å². The lowest BCUT2D eigenvalue weighted by Gasteiger charge is -2.21. The Bertz CT molecular complexity index is 488. The predicted octanol–water partition coefficient (Wildman–Crippen LogP) is 4.09. The standard InChI is InChI=1S/C11H13BrN2S2/c1-11(2,13-3)8-6-15-10(14-8)7-4-5-9(12)16-7/h4-6,13H,1-3H3. The molecule has 0 radical (unpaired) electrons. The van der Waals surface area contributed by atoms with Crippen LogP contribution in [0.2, 0.25) is 0 Å². The molecule has 0 amide bonds. The lowest BCUT2D eigenvalue weighted by molar-refractivity contribution is 0.434. The van der Waals surface area contributed by atoms with Crippen molar-refractivity contribution in [1.82, 2.24) is 10.3 Å². The molecule has 2 nitrogen and oxygen atoms in total. The van der Waals surface area contributed by atoms with E-state index in [-0.39, 0.29) is 5.54 Å². The molecule has 0 spiro atoms. The monoisotopic (exact) mass is 316 g/mol. The molecule has 0 bridgehead atoms. The fourth-order valence-electron chi connectivity index (χ4n) is 1.23. The molecule has 0 saturated heterocycles. The predicted molar refractivity (Wildman–Crippen MR) is 75.2 cm³/mol. The van der Waals surface area contributed by atoms with Crippen molar-refractivity contribution in [2.45, 2.75) is 19.4 Å². The average Bonchev–Trinajstić information content (AvgIpc) is 2.85. The van der Waals surface area contributed by atoms with Gasteiger partial charge in [0.15, 0.2) is 0 Å². The zero-order valence-corrected chi connectivity index (χ0v) is 12.6. The summed E-state index contributed by atoms with van der Waals surface area (Å²) in [6.07, 6.45) is 0. The maximum Gasteiger partial charge on any atom is 0.133 e.